The van der Waals surface area contributed by atoms with Crippen LogP contribution in [0.2, 0.25) is 5.54 Å². The summed E-state index contributed by atoms with van der Waals surface area (Å²) in [6, 6.07) is 0. The van der Waals surface area contributed by atoms with E-state index in [4.69, 9.17) is 0 Å². The molecular weight excluding hydrogens is 148 g/mol. The van der Waals surface area contributed by atoms with E-state index in [1.54, 1.807) is 0 Å². The van der Waals surface area contributed by atoms with Gasteiger partial charge < -0.3 is 0 Å². The number of hydrogen-bond donors (Lipinski definition) is 0. The predicted molar refractivity (Wildman–Crippen MR) is 56.8 cm³/mol. The lowest BCUT2D eigenvalue weighted by atomic mass is 10.00. The Bertz CT molecular complexity index is 106. The highest BCUT2D eigenvalue weighted by molar-refractivity contribution is 6.44. The van der Waals surface area contributed by atoms with Gasteiger partial charge in [-0.15, -0.1) is 5.70 Å². The Morgan fingerprint density at radius 3 is 1.73 bits per heavy atom. The third kappa shape index (κ3) is 4.41. The molecule has 0 heterocycles. The molecule has 0 N–H and O–H groups in total. The summed E-state index contributed by atoms with van der Waals surface area (Å²) < 4.78 is 0. The van der Waals surface area contributed by atoms with Gasteiger partial charge in [-0.3, -0.25) is 0 Å². The fourth-order valence-corrected chi connectivity index (χ4v) is 3.28. The zero-order chi connectivity index (χ0) is 8.85. The van der Waals surface area contributed by atoms with Crippen LogP contribution in [0.15, 0.2) is 11.8 Å². The van der Waals surface area contributed by atoms with Crippen molar-refractivity contribution < 1.29 is 0 Å². The SMILES string of the molecule is CC=C[SiH2]C(C(C)C)C(C)C. The first-order valence-electron chi connectivity index (χ1n) is 4.70. The van der Waals surface area contributed by atoms with E-state index < -0.39 is 0 Å². The van der Waals surface area contributed by atoms with E-state index in [0.717, 1.165) is 17.4 Å². The fraction of sp³-hybridized carbons (Fsp3) is 0.800. The summed E-state index contributed by atoms with van der Waals surface area (Å²) in [5, 5.41) is 0. The molecule has 0 aliphatic carbocycles. The molecule has 11 heavy (non-hydrogen) atoms. The Kier molecular flexibility index (Phi) is 5.57. The molecule has 0 aromatic carbocycles. The quantitative estimate of drug-likeness (QED) is 0.569. The standard InChI is InChI=1S/C10H22Si/c1-6-7-11-10(8(2)3)9(4)5/h6-10H,11H2,1-5H3. The first-order chi connectivity index (χ1) is 5.09. The highest BCUT2D eigenvalue weighted by Gasteiger charge is 2.15. The van der Waals surface area contributed by atoms with Crippen molar-refractivity contribution in [3.63, 3.8) is 0 Å². The molecule has 0 nitrogen and oxygen atoms in total. The minimum Gasteiger partial charge on any atom is -0.105 e. The first kappa shape index (κ1) is 11.0. The fourth-order valence-electron chi connectivity index (χ4n) is 1.61. The molecule has 0 aromatic heterocycles. The molecule has 0 spiro atoms. The van der Waals surface area contributed by atoms with Crippen molar-refractivity contribution in [1.82, 2.24) is 0 Å². The molecule has 0 fully saturated rings. The molecule has 0 unspecified atom stereocenters. The van der Waals surface area contributed by atoms with E-state index in [1.807, 2.05) is 0 Å². The van der Waals surface area contributed by atoms with Crippen molar-refractivity contribution in [3.8, 4) is 0 Å². The summed E-state index contributed by atoms with van der Waals surface area (Å²) in [4.78, 5) is 0. The predicted octanol–water partition coefficient (Wildman–Crippen LogP) is 2.79. The summed E-state index contributed by atoms with van der Waals surface area (Å²) in [6.45, 7) is 11.5. The van der Waals surface area contributed by atoms with Crippen LogP contribution in [0.4, 0.5) is 0 Å². The van der Waals surface area contributed by atoms with Crippen LogP contribution in [0.25, 0.3) is 0 Å². The van der Waals surface area contributed by atoms with Crippen molar-refractivity contribution in [2.24, 2.45) is 11.8 Å². The van der Waals surface area contributed by atoms with E-state index in [0.29, 0.717) is 0 Å². The average Bonchev–Trinajstić information content (AvgIpc) is 1.87. The maximum atomic E-state index is 2.42. The molecule has 0 radical (unpaired) electrons. The summed E-state index contributed by atoms with van der Waals surface area (Å²) >= 11 is 0. The van der Waals surface area contributed by atoms with Crippen LogP contribution in [0.3, 0.4) is 0 Å². The lowest BCUT2D eigenvalue weighted by molar-refractivity contribution is 0.466. The van der Waals surface area contributed by atoms with Crippen molar-refractivity contribution >= 4 is 9.52 Å². The van der Waals surface area contributed by atoms with Crippen molar-refractivity contribution in [2.75, 3.05) is 0 Å². The van der Waals surface area contributed by atoms with E-state index >= 15 is 0 Å². The van der Waals surface area contributed by atoms with Gasteiger partial charge in [-0.25, -0.2) is 0 Å². The Balaban J connectivity index is 3.89. The van der Waals surface area contributed by atoms with Crippen LogP contribution in [-0.2, 0) is 0 Å². The normalized spacial score (nSPS) is 13.8. The van der Waals surface area contributed by atoms with E-state index in [-0.39, 0.29) is 9.52 Å². The maximum Gasteiger partial charge on any atom is 0.0485 e. The molecule has 0 saturated carbocycles. The van der Waals surface area contributed by atoms with E-state index in [9.17, 15) is 0 Å². The third-order valence-electron chi connectivity index (χ3n) is 2.36. The first-order valence-corrected chi connectivity index (χ1v) is 6.34. The Morgan fingerprint density at radius 2 is 1.45 bits per heavy atom. The van der Waals surface area contributed by atoms with Crippen LogP contribution in [0.1, 0.15) is 34.6 Å². The molecule has 66 valence electrons. The molecule has 0 aliphatic heterocycles. The Morgan fingerprint density at radius 1 is 1.00 bits per heavy atom. The smallest absolute Gasteiger partial charge is 0.0485 e. The van der Waals surface area contributed by atoms with Gasteiger partial charge >= 0.3 is 0 Å². The molecular formula is C10H22Si. The minimum absolute atomic E-state index is 0.0498. The molecule has 0 saturated heterocycles. The highest BCUT2D eigenvalue weighted by Crippen LogP contribution is 2.25. The minimum atomic E-state index is 0.0498. The van der Waals surface area contributed by atoms with Crippen molar-refractivity contribution in [3.05, 3.63) is 11.8 Å². The van der Waals surface area contributed by atoms with E-state index in [1.165, 1.54) is 0 Å². The van der Waals surface area contributed by atoms with Gasteiger partial charge in [0.25, 0.3) is 0 Å². The van der Waals surface area contributed by atoms with Crippen LogP contribution >= 0.6 is 0 Å². The summed E-state index contributed by atoms with van der Waals surface area (Å²) in [5.41, 5.74) is 3.41. The second-order valence-electron chi connectivity index (χ2n) is 3.96. The summed E-state index contributed by atoms with van der Waals surface area (Å²) in [5.74, 6) is 1.75. The zero-order valence-corrected chi connectivity index (χ0v) is 10.0. The Labute approximate surface area is 73.9 Å². The average molecular weight is 170 g/mol. The Hall–Kier alpha value is -0.0431. The van der Waals surface area contributed by atoms with Gasteiger partial charge in [0.05, 0.1) is 0 Å². The topological polar surface area (TPSA) is 0 Å². The van der Waals surface area contributed by atoms with Crippen LogP contribution in [0.5, 0.6) is 0 Å². The summed E-state index contributed by atoms with van der Waals surface area (Å²) in [6.07, 6.45) is 2.21. The second kappa shape index (κ2) is 5.59. The van der Waals surface area contributed by atoms with Gasteiger partial charge in [-0.1, -0.05) is 33.8 Å². The van der Waals surface area contributed by atoms with Crippen molar-refractivity contribution in [1.29, 1.82) is 0 Å². The van der Waals surface area contributed by atoms with Gasteiger partial charge in [-0.2, -0.15) is 0 Å². The van der Waals surface area contributed by atoms with Crippen LogP contribution in [-0.4, -0.2) is 9.52 Å². The van der Waals surface area contributed by atoms with Gasteiger partial charge in [-0.05, 0) is 24.3 Å². The van der Waals surface area contributed by atoms with Gasteiger partial charge in [0.15, 0.2) is 0 Å². The second-order valence-corrected chi connectivity index (χ2v) is 5.84. The number of allylic oxidation sites excluding steroid dienone is 1. The maximum absolute atomic E-state index is 2.42. The molecule has 0 atom stereocenters. The van der Waals surface area contributed by atoms with Gasteiger partial charge in [0.1, 0.15) is 0 Å². The van der Waals surface area contributed by atoms with Crippen LogP contribution < -0.4 is 0 Å². The van der Waals surface area contributed by atoms with Crippen LogP contribution in [0, 0.1) is 11.8 Å². The van der Waals surface area contributed by atoms with E-state index in [2.05, 4.69) is 46.4 Å². The molecule has 0 aromatic rings. The highest BCUT2D eigenvalue weighted by atomic mass is 28.2. The number of hydrogen-bond acceptors (Lipinski definition) is 0. The molecule has 1 heteroatoms. The van der Waals surface area contributed by atoms with Gasteiger partial charge in [0, 0.05) is 9.52 Å². The third-order valence-corrected chi connectivity index (χ3v) is 5.53. The molecule has 0 aliphatic rings. The lowest BCUT2D eigenvalue weighted by Gasteiger charge is -2.22. The monoisotopic (exact) mass is 170 g/mol. The van der Waals surface area contributed by atoms with Crippen molar-refractivity contribution in [2.45, 2.75) is 40.2 Å². The molecule has 0 bridgehead atoms. The largest absolute Gasteiger partial charge is 0.105 e. The molecule has 0 amide bonds. The zero-order valence-electron chi connectivity index (χ0n) is 8.59. The van der Waals surface area contributed by atoms with Gasteiger partial charge in [0.2, 0.25) is 0 Å². The molecule has 0 rings (SSSR count). The number of rotatable bonds is 4. The lowest BCUT2D eigenvalue weighted by Crippen LogP contribution is -2.14. The summed E-state index contributed by atoms with van der Waals surface area (Å²) in [7, 11) is 0.0498.